The van der Waals surface area contributed by atoms with E-state index in [4.69, 9.17) is 4.74 Å². The first kappa shape index (κ1) is 56.2. The summed E-state index contributed by atoms with van der Waals surface area (Å²) in [6.45, 7) is 3.53. The van der Waals surface area contributed by atoms with Gasteiger partial charge in [-0.3, -0.25) is 38.5 Å². The molecule has 0 heterocycles. The van der Waals surface area contributed by atoms with Crippen LogP contribution >= 0.6 is 0 Å². The maximum Gasteiger partial charge on any atom is 0.410 e. The van der Waals surface area contributed by atoms with Crippen LogP contribution < -0.4 is 26.6 Å². The fraction of sp³-hybridized carbons (Fsp3) is 0.411. The highest BCUT2D eigenvalue weighted by Gasteiger charge is 2.38. The molecule has 4 aromatic rings. The topological polar surface area (TPSA) is 287 Å². The Kier molecular flexibility index (Phi) is 20.0. The molecule has 0 bridgehead atoms. The maximum absolute atomic E-state index is 14.5. The van der Waals surface area contributed by atoms with Gasteiger partial charge in [-0.1, -0.05) is 155 Å². The lowest BCUT2D eigenvalue weighted by molar-refractivity contribution is -0.143. The first-order valence-corrected chi connectivity index (χ1v) is 25.2. The van der Waals surface area contributed by atoms with Crippen molar-refractivity contribution in [3.05, 3.63) is 131 Å². The molecule has 6 atom stereocenters. The summed E-state index contributed by atoms with van der Waals surface area (Å²) < 4.78 is 5.91. The lowest BCUT2D eigenvalue weighted by Gasteiger charge is -2.31. The van der Waals surface area contributed by atoms with Gasteiger partial charge in [-0.15, -0.1) is 0 Å². The first-order chi connectivity index (χ1) is 35.9. The Balaban J connectivity index is 1.18. The Labute approximate surface area is 435 Å². The fourth-order valence-electron chi connectivity index (χ4n) is 9.84. The molecule has 4 aromatic carbocycles. The number of carboxylic acid groups (broad SMARTS) is 3. The van der Waals surface area contributed by atoms with E-state index >= 15 is 0 Å². The van der Waals surface area contributed by atoms with Gasteiger partial charge in [-0.25, -0.2) is 9.59 Å². The van der Waals surface area contributed by atoms with E-state index in [-0.39, 0.29) is 43.6 Å². The number of carbonyl (C=O) groups excluding carboxylic acids is 6. The molecule has 75 heavy (non-hydrogen) atoms. The Morgan fingerprint density at radius 3 is 1.53 bits per heavy atom. The van der Waals surface area contributed by atoms with Crippen LogP contribution in [-0.2, 0) is 49.5 Å². The second-order valence-electron chi connectivity index (χ2n) is 19.6. The highest BCUT2D eigenvalue weighted by Crippen LogP contribution is 2.44. The van der Waals surface area contributed by atoms with Gasteiger partial charge in [0.05, 0.1) is 12.8 Å². The number of carbonyl (C=O) groups is 9. The summed E-state index contributed by atoms with van der Waals surface area (Å²) in [5, 5.41) is 42.1. The zero-order valence-electron chi connectivity index (χ0n) is 42.2. The monoisotopic (exact) mass is 1030 g/mol. The summed E-state index contributed by atoms with van der Waals surface area (Å²) in [5.41, 5.74) is 4.99. The lowest BCUT2D eigenvalue weighted by atomic mass is 9.84. The van der Waals surface area contributed by atoms with Crippen LogP contribution in [0.4, 0.5) is 4.79 Å². The van der Waals surface area contributed by atoms with Crippen molar-refractivity contribution < 1.29 is 63.2 Å². The van der Waals surface area contributed by atoms with Gasteiger partial charge in [0.1, 0.15) is 42.9 Å². The molecule has 0 saturated heterocycles. The van der Waals surface area contributed by atoms with Crippen molar-refractivity contribution in [3.8, 4) is 11.1 Å². The van der Waals surface area contributed by atoms with Crippen LogP contribution in [0.25, 0.3) is 11.1 Å². The SMILES string of the molecule is CC(C)C[C@H](NC(=O)[C@H](c1ccccc1)N(C)C(=O)OCC1c2ccccc2-c2ccccc21)C(=O)N[C@@H](CC(=O)O)C(=O)N[C@@H](CC1CCCCC1)C(=O)N[C@@H](CC(=O)O)C(=O)N[C@@H](Cc1ccccc1)C(=O)O. The van der Waals surface area contributed by atoms with Crippen molar-refractivity contribution in [1.29, 1.82) is 0 Å². The molecular formula is C56H66N6O13. The number of aliphatic carboxylic acids is 3. The Bertz CT molecular complexity index is 2630. The standard InChI is InChI=1S/C56H66N6O13/c1-33(2)27-42(60-54(71)49(36-21-11-6-12-22-36)62(3)56(74)75-32-41-39-25-15-13-23-37(39)38-24-14-16-26-40(38)41)50(67)58-44(30-47(63)64)52(69)57-43(28-34-17-7-4-8-18-34)51(68)59-45(31-48(65)66)53(70)61-46(55(72)73)29-35-19-9-5-10-20-35/h5-6,9-16,19-26,33-34,41-46,49H,4,7-8,17-18,27-32H2,1-3H3,(H,57,69)(H,58,67)(H,59,68)(H,60,71)(H,61,70)(H,63,64)(H,65,66)(H,72,73)/t42-,43-,44-,45-,46-,49-/m0/s1. The molecule has 0 unspecified atom stereocenters. The highest BCUT2D eigenvalue weighted by atomic mass is 16.6. The molecule has 398 valence electrons. The molecule has 0 aliphatic heterocycles. The number of rotatable bonds is 25. The summed E-state index contributed by atoms with van der Waals surface area (Å²) >= 11 is 0. The number of fused-ring (bicyclic) bond motifs is 3. The van der Waals surface area contributed by atoms with Gasteiger partial charge in [0, 0.05) is 19.4 Å². The third-order valence-corrected chi connectivity index (χ3v) is 13.6. The molecule has 2 aliphatic carbocycles. The van der Waals surface area contributed by atoms with Gasteiger partial charge >= 0.3 is 24.0 Å². The van der Waals surface area contributed by atoms with E-state index in [9.17, 15) is 58.5 Å². The van der Waals surface area contributed by atoms with Gasteiger partial charge in [0.2, 0.25) is 29.5 Å². The van der Waals surface area contributed by atoms with E-state index in [0.717, 1.165) is 46.4 Å². The normalized spacial score (nSPS) is 15.5. The zero-order chi connectivity index (χ0) is 54.2. The first-order valence-electron chi connectivity index (χ1n) is 25.2. The number of ether oxygens (including phenoxy) is 1. The molecular weight excluding hydrogens is 965 g/mol. The summed E-state index contributed by atoms with van der Waals surface area (Å²) in [7, 11) is 1.40. The molecule has 6 rings (SSSR count). The Morgan fingerprint density at radius 2 is 1.01 bits per heavy atom. The predicted molar refractivity (Wildman–Crippen MR) is 275 cm³/mol. The lowest BCUT2D eigenvalue weighted by Crippen LogP contribution is -2.60. The van der Waals surface area contributed by atoms with Gasteiger partial charge in [0.15, 0.2) is 0 Å². The van der Waals surface area contributed by atoms with E-state index in [0.29, 0.717) is 24.0 Å². The maximum atomic E-state index is 14.5. The smallest absolute Gasteiger partial charge is 0.410 e. The molecule has 6 amide bonds. The van der Waals surface area contributed by atoms with Gasteiger partial charge in [-0.2, -0.15) is 0 Å². The number of benzene rings is 4. The largest absolute Gasteiger partial charge is 0.481 e. The average Bonchev–Trinajstić information content (AvgIpc) is 3.70. The van der Waals surface area contributed by atoms with E-state index in [2.05, 4.69) is 26.6 Å². The van der Waals surface area contributed by atoms with Crippen molar-refractivity contribution in [2.45, 2.75) is 120 Å². The van der Waals surface area contributed by atoms with Crippen molar-refractivity contribution in [3.63, 3.8) is 0 Å². The number of hydrogen-bond donors (Lipinski definition) is 8. The van der Waals surface area contributed by atoms with Crippen LogP contribution in [0.3, 0.4) is 0 Å². The number of nitrogens with one attached hydrogen (secondary N) is 5. The van der Waals surface area contributed by atoms with Crippen LogP contribution in [-0.4, -0.2) is 118 Å². The number of nitrogens with zero attached hydrogens (tertiary/aromatic N) is 1. The van der Waals surface area contributed by atoms with Crippen LogP contribution in [0.5, 0.6) is 0 Å². The average molecular weight is 1030 g/mol. The molecule has 8 N–H and O–H groups in total. The minimum absolute atomic E-state index is 0.00256. The molecule has 2 aliphatic rings. The summed E-state index contributed by atoms with van der Waals surface area (Å²) in [4.78, 5) is 122. The van der Waals surface area contributed by atoms with Crippen LogP contribution in [0.1, 0.15) is 106 Å². The highest BCUT2D eigenvalue weighted by molar-refractivity contribution is 5.98. The summed E-state index contributed by atoms with van der Waals surface area (Å²) in [6, 6.07) is 23.1. The second kappa shape index (κ2) is 26.7. The molecule has 19 heteroatoms. The summed E-state index contributed by atoms with van der Waals surface area (Å²) in [6.07, 6.45) is 1.04. The van der Waals surface area contributed by atoms with Crippen molar-refractivity contribution in [2.75, 3.05) is 13.7 Å². The van der Waals surface area contributed by atoms with Crippen LogP contribution in [0.2, 0.25) is 0 Å². The molecule has 1 fully saturated rings. The fourth-order valence-corrected chi connectivity index (χ4v) is 9.84. The van der Waals surface area contributed by atoms with E-state index in [1.165, 1.54) is 7.05 Å². The predicted octanol–water partition coefficient (Wildman–Crippen LogP) is 5.33. The Morgan fingerprint density at radius 1 is 0.560 bits per heavy atom. The number of likely N-dealkylation sites (N-methyl/N-ethyl adjacent to an activating group) is 1. The van der Waals surface area contributed by atoms with Gasteiger partial charge in [-0.05, 0) is 58.1 Å². The molecule has 0 spiro atoms. The second-order valence-corrected chi connectivity index (χ2v) is 19.6. The minimum atomic E-state index is -1.82. The van der Waals surface area contributed by atoms with Gasteiger partial charge in [0.25, 0.3) is 0 Å². The third-order valence-electron chi connectivity index (χ3n) is 13.6. The Hall–Kier alpha value is -8.09. The van der Waals surface area contributed by atoms with E-state index in [1.54, 1.807) is 74.5 Å². The minimum Gasteiger partial charge on any atom is -0.481 e. The van der Waals surface area contributed by atoms with Gasteiger partial charge < -0.3 is 46.6 Å². The molecule has 1 saturated carbocycles. The van der Waals surface area contributed by atoms with E-state index < -0.39 is 103 Å². The third kappa shape index (κ3) is 15.7. The number of amides is 6. The van der Waals surface area contributed by atoms with Crippen molar-refractivity contribution in [1.82, 2.24) is 31.5 Å². The van der Waals surface area contributed by atoms with E-state index in [1.807, 2.05) is 48.5 Å². The van der Waals surface area contributed by atoms with Crippen molar-refractivity contribution in [2.24, 2.45) is 11.8 Å². The molecule has 0 aromatic heterocycles. The van der Waals surface area contributed by atoms with Crippen LogP contribution in [0.15, 0.2) is 109 Å². The quantitative estimate of drug-likeness (QED) is 0.0418. The van der Waals surface area contributed by atoms with Crippen LogP contribution in [0, 0.1) is 11.8 Å². The zero-order valence-corrected chi connectivity index (χ0v) is 42.2. The van der Waals surface area contributed by atoms with Crippen molar-refractivity contribution >= 4 is 53.5 Å². The number of hydrogen-bond acceptors (Lipinski definition) is 10. The number of carboxylic acids is 3. The molecule has 19 nitrogen and oxygen atoms in total. The summed E-state index contributed by atoms with van der Waals surface area (Å²) in [5.74, 6) is -9.95. The molecule has 0 radical (unpaired) electrons.